The van der Waals surface area contributed by atoms with Gasteiger partial charge in [0.05, 0.1) is 0 Å². The predicted octanol–water partition coefficient (Wildman–Crippen LogP) is 3.50. The molecule has 1 aromatic carbocycles. The maximum atomic E-state index is 12.5. The molecular formula is C19H18N4O3. The number of carbonyl (C=O) groups excluding carboxylic acids is 2. The molecule has 0 atom stereocenters. The van der Waals surface area contributed by atoms with E-state index in [4.69, 9.17) is 4.52 Å². The third-order valence-corrected chi connectivity index (χ3v) is 3.98. The topological polar surface area (TPSA) is 97.1 Å². The zero-order valence-electron chi connectivity index (χ0n) is 14.7. The van der Waals surface area contributed by atoms with Gasteiger partial charge in [-0.2, -0.15) is 0 Å². The first-order valence-corrected chi connectivity index (χ1v) is 8.02. The maximum absolute atomic E-state index is 12.5. The van der Waals surface area contributed by atoms with E-state index in [-0.39, 0.29) is 11.6 Å². The first-order valence-electron chi connectivity index (χ1n) is 8.02. The Kier molecular flexibility index (Phi) is 4.79. The van der Waals surface area contributed by atoms with Gasteiger partial charge >= 0.3 is 0 Å². The maximum Gasteiger partial charge on any atom is 0.274 e. The van der Waals surface area contributed by atoms with Gasteiger partial charge in [0.1, 0.15) is 11.5 Å². The van der Waals surface area contributed by atoms with Gasteiger partial charge in [-0.3, -0.25) is 14.6 Å². The molecule has 0 aliphatic heterocycles. The quantitative estimate of drug-likeness (QED) is 0.750. The van der Waals surface area contributed by atoms with Crippen LogP contribution in [0.25, 0.3) is 0 Å². The molecule has 3 rings (SSSR count). The van der Waals surface area contributed by atoms with E-state index in [0.29, 0.717) is 22.8 Å². The smallest absolute Gasteiger partial charge is 0.274 e. The normalized spacial score (nSPS) is 10.4. The number of carbonyl (C=O) groups is 2. The first kappa shape index (κ1) is 17.3. The highest BCUT2D eigenvalue weighted by Gasteiger charge is 2.14. The summed E-state index contributed by atoms with van der Waals surface area (Å²) >= 11 is 0. The molecule has 0 spiro atoms. The summed E-state index contributed by atoms with van der Waals surface area (Å²) in [5, 5.41) is 9.14. The molecule has 0 bridgehead atoms. The molecule has 2 N–H and O–H groups in total. The number of rotatable bonds is 4. The van der Waals surface area contributed by atoms with Crippen molar-refractivity contribution < 1.29 is 14.1 Å². The number of aromatic nitrogens is 2. The lowest BCUT2D eigenvalue weighted by atomic mass is 10.1. The number of hydrogen-bond donors (Lipinski definition) is 2. The van der Waals surface area contributed by atoms with Crippen molar-refractivity contribution in [2.45, 2.75) is 20.8 Å². The van der Waals surface area contributed by atoms with Crippen molar-refractivity contribution in [3.05, 3.63) is 70.7 Å². The Balaban J connectivity index is 1.76. The average Bonchev–Trinajstić information content (AvgIpc) is 3.03. The van der Waals surface area contributed by atoms with Crippen LogP contribution in [0.4, 0.5) is 11.5 Å². The van der Waals surface area contributed by atoms with Crippen LogP contribution in [0.3, 0.4) is 0 Å². The summed E-state index contributed by atoms with van der Waals surface area (Å²) in [6.45, 7) is 5.63. The van der Waals surface area contributed by atoms with Crippen LogP contribution < -0.4 is 10.6 Å². The Morgan fingerprint density at radius 1 is 1.00 bits per heavy atom. The second-order valence-corrected chi connectivity index (χ2v) is 5.91. The number of benzene rings is 1. The minimum atomic E-state index is -0.401. The minimum Gasteiger partial charge on any atom is -0.360 e. The molecule has 0 unspecified atom stereocenters. The van der Waals surface area contributed by atoms with Crippen molar-refractivity contribution in [3.8, 4) is 0 Å². The van der Waals surface area contributed by atoms with Gasteiger partial charge in [0.15, 0.2) is 5.82 Å². The molecule has 2 heterocycles. The summed E-state index contributed by atoms with van der Waals surface area (Å²) < 4.78 is 4.91. The van der Waals surface area contributed by atoms with Crippen LogP contribution in [0, 0.1) is 20.8 Å². The van der Waals surface area contributed by atoms with Gasteiger partial charge in [0.25, 0.3) is 11.8 Å². The predicted molar refractivity (Wildman–Crippen MR) is 97.3 cm³/mol. The summed E-state index contributed by atoms with van der Waals surface area (Å²) in [5.41, 5.74) is 3.22. The van der Waals surface area contributed by atoms with E-state index < -0.39 is 5.91 Å². The van der Waals surface area contributed by atoms with Crippen molar-refractivity contribution in [1.29, 1.82) is 0 Å². The standard InChI is InChI=1S/C19H18N4O3/c1-11-5-4-6-15(13(11)3)21-19(25)16-10-14(7-8-20-16)18(24)22-17-9-12(2)26-23-17/h4-10H,1-3H3,(H,21,25)(H,22,23,24). The number of hydrogen-bond acceptors (Lipinski definition) is 5. The van der Waals surface area contributed by atoms with Crippen molar-refractivity contribution in [2.75, 3.05) is 10.6 Å². The highest BCUT2D eigenvalue weighted by atomic mass is 16.5. The fraction of sp³-hybridized carbons (Fsp3) is 0.158. The van der Waals surface area contributed by atoms with E-state index in [9.17, 15) is 9.59 Å². The summed E-state index contributed by atoms with van der Waals surface area (Å²) in [6.07, 6.45) is 1.42. The lowest BCUT2D eigenvalue weighted by Gasteiger charge is -2.10. The fourth-order valence-electron chi connectivity index (χ4n) is 2.38. The molecular weight excluding hydrogens is 332 g/mol. The van der Waals surface area contributed by atoms with Crippen LogP contribution in [-0.2, 0) is 0 Å². The zero-order chi connectivity index (χ0) is 18.7. The molecule has 2 amide bonds. The Labute approximate surface area is 150 Å². The number of aryl methyl sites for hydroxylation is 2. The van der Waals surface area contributed by atoms with Crippen LogP contribution in [0.15, 0.2) is 47.1 Å². The molecule has 0 saturated heterocycles. The van der Waals surface area contributed by atoms with Crippen LogP contribution >= 0.6 is 0 Å². The third-order valence-electron chi connectivity index (χ3n) is 3.98. The molecule has 0 radical (unpaired) electrons. The SMILES string of the molecule is Cc1cc(NC(=O)c2ccnc(C(=O)Nc3cccc(C)c3C)c2)no1. The highest BCUT2D eigenvalue weighted by molar-refractivity contribution is 6.07. The van der Waals surface area contributed by atoms with Crippen LogP contribution in [-0.4, -0.2) is 22.0 Å². The molecule has 2 aromatic heterocycles. The van der Waals surface area contributed by atoms with Crippen LogP contribution in [0.1, 0.15) is 37.7 Å². The second kappa shape index (κ2) is 7.18. The molecule has 132 valence electrons. The van der Waals surface area contributed by atoms with Gasteiger partial charge in [-0.25, -0.2) is 0 Å². The first-order chi connectivity index (χ1) is 12.4. The van der Waals surface area contributed by atoms with Crippen molar-refractivity contribution in [1.82, 2.24) is 10.1 Å². The summed E-state index contributed by atoms with van der Waals surface area (Å²) in [4.78, 5) is 28.8. The fourth-order valence-corrected chi connectivity index (χ4v) is 2.38. The van der Waals surface area contributed by atoms with Gasteiger partial charge in [-0.05, 0) is 50.1 Å². The van der Waals surface area contributed by atoms with E-state index in [0.717, 1.165) is 11.1 Å². The highest BCUT2D eigenvalue weighted by Crippen LogP contribution is 2.19. The van der Waals surface area contributed by atoms with Crippen molar-refractivity contribution in [2.24, 2.45) is 0 Å². The Bertz CT molecular complexity index is 978. The van der Waals surface area contributed by atoms with Crippen LogP contribution in [0.2, 0.25) is 0 Å². The number of nitrogens with one attached hydrogen (secondary N) is 2. The van der Waals surface area contributed by atoms with Gasteiger partial charge in [-0.1, -0.05) is 17.3 Å². The summed E-state index contributed by atoms with van der Waals surface area (Å²) in [6, 6.07) is 10.2. The zero-order valence-corrected chi connectivity index (χ0v) is 14.7. The van der Waals surface area contributed by atoms with E-state index in [1.165, 1.54) is 18.3 Å². The molecule has 3 aromatic rings. The average molecular weight is 350 g/mol. The van der Waals surface area contributed by atoms with Gasteiger partial charge < -0.3 is 15.2 Å². The second-order valence-electron chi connectivity index (χ2n) is 5.91. The van der Waals surface area contributed by atoms with E-state index in [1.54, 1.807) is 13.0 Å². The van der Waals surface area contributed by atoms with E-state index in [2.05, 4.69) is 20.8 Å². The van der Waals surface area contributed by atoms with Gasteiger partial charge in [0, 0.05) is 23.5 Å². The Morgan fingerprint density at radius 3 is 2.54 bits per heavy atom. The Morgan fingerprint density at radius 2 is 1.81 bits per heavy atom. The van der Waals surface area contributed by atoms with E-state index in [1.807, 2.05) is 32.0 Å². The lowest BCUT2D eigenvalue weighted by molar-refractivity contribution is 0.102. The molecule has 0 aliphatic carbocycles. The van der Waals surface area contributed by atoms with Gasteiger partial charge in [0.2, 0.25) is 0 Å². The van der Waals surface area contributed by atoms with E-state index >= 15 is 0 Å². The monoisotopic (exact) mass is 350 g/mol. The van der Waals surface area contributed by atoms with Gasteiger partial charge in [-0.15, -0.1) is 0 Å². The molecule has 0 saturated carbocycles. The molecule has 26 heavy (non-hydrogen) atoms. The van der Waals surface area contributed by atoms with Crippen molar-refractivity contribution in [3.63, 3.8) is 0 Å². The minimum absolute atomic E-state index is 0.148. The number of pyridine rings is 1. The third kappa shape index (κ3) is 3.77. The number of amides is 2. The Hall–Kier alpha value is -3.48. The largest absolute Gasteiger partial charge is 0.360 e. The molecule has 0 fully saturated rings. The lowest BCUT2D eigenvalue weighted by Crippen LogP contribution is -2.17. The summed E-state index contributed by atoms with van der Waals surface area (Å²) in [7, 11) is 0. The van der Waals surface area contributed by atoms with Crippen molar-refractivity contribution >= 4 is 23.3 Å². The molecule has 7 heteroatoms. The molecule has 0 aliphatic rings. The summed E-state index contributed by atoms with van der Waals surface area (Å²) in [5.74, 6) is 0.112. The number of nitrogens with zero attached hydrogens (tertiary/aromatic N) is 2. The van der Waals surface area contributed by atoms with Crippen LogP contribution in [0.5, 0.6) is 0 Å². The number of anilines is 2. The molecule has 7 nitrogen and oxygen atoms in total.